The lowest BCUT2D eigenvalue weighted by Gasteiger charge is -2.30. The van der Waals surface area contributed by atoms with Crippen molar-refractivity contribution in [2.45, 2.75) is 0 Å². The summed E-state index contributed by atoms with van der Waals surface area (Å²) in [6.45, 7) is 2.27. The van der Waals surface area contributed by atoms with Crippen LogP contribution in [0.25, 0.3) is 0 Å². The Hall–Kier alpha value is -3.13. The summed E-state index contributed by atoms with van der Waals surface area (Å²) in [6.07, 6.45) is 0. The van der Waals surface area contributed by atoms with Crippen molar-refractivity contribution in [2.75, 3.05) is 36.5 Å². The fourth-order valence-electron chi connectivity index (χ4n) is 2.68. The van der Waals surface area contributed by atoms with Crippen LogP contribution in [0.4, 0.5) is 17.1 Å². The van der Waals surface area contributed by atoms with Crippen molar-refractivity contribution in [1.29, 1.82) is 0 Å². The van der Waals surface area contributed by atoms with E-state index in [0.29, 0.717) is 37.7 Å². The number of nitrogens with zero attached hydrogens (tertiary/aromatic N) is 2. The van der Waals surface area contributed by atoms with Crippen LogP contribution in [0, 0.1) is 10.1 Å². The molecule has 0 atom stereocenters. The normalized spacial score (nSPS) is 14.2. The topological polar surface area (TPSA) is 105 Å². The molecule has 1 heterocycles. The number of carbonyl (C=O) groups excluding carboxylic acids is 1. The van der Waals surface area contributed by atoms with E-state index in [1.165, 1.54) is 24.3 Å². The van der Waals surface area contributed by atoms with Crippen LogP contribution in [0.2, 0.25) is 0 Å². The first-order valence-electron chi connectivity index (χ1n) is 7.76. The summed E-state index contributed by atoms with van der Waals surface area (Å²) < 4.78 is 5.31. The van der Waals surface area contributed by atoms with Gasteiger partial charge in [0.15, 0.2) is 0 Å². The first-order chi connectivity index (χ1) is 12.0. The quantitative estimate of drug-likeness (QED) is 0.652. The highest BCUT2D eigenvalue weighted by Crippen LogP contribution is 2.27. The van der Waals surface area contributed by atoms with Gasteiger partial charge in [-0.2, -0.15) is 0 Å². The summed E-state index contributed by atoms with van der Waals surface area (Å²) in [5, 5.41) is 23.2. The van der Waals surface area contributed by atoms with Crippen molar-refractivity contribution >= 4 is 23.0 Å². The Bertz CT molecular complexity index is 803. The highest BCUT2D eigenvalue weighted by Gasteiger charge is 2.22. The zero-order chi connectivity index (χ0) is 17.8. The Balaban J connectivity index is 1.94. The lowest BCUT2D eigenvalue weighted by molar-refractivity contribution is -0.384. The molecule has 2 aromatic rings. The van der Waals surface area contributed by atoms with E-state index in [1.54, 1.807) is 18.2 Å². The molecule has 2 aromatic carbocycles. The number of ether oxygens (including phenoxy) is 1. The highest BCUT2D eigenvalue weighted by molar-refractivity contribution is 6.08. The summed E-state index contributed by atoms with van der Waals surface area (Å²) in [7, 11) is 0. The van der Waals surface area contributed by atoms with E-state index in [0.717, 1.165) is 0 Å². The number of hydrogen-bond acceptors (Lipinski definition) is 6. The molecule has 25 heavy (non-hydrogen) atoms. The zero-order valence-electron chi connectivity index (χ0n) is 13.3. The minimum Gasteiger partial charge on any atom is -0.508 e. The van der Waals surface area contributed by atoms with Crippen molar-refractivity contribution in [2.24, 2.45) is 0 Å². The molecule has 0 radical (unpaired) electrons. The standard InChI is InChI=1S/C17H17N3O5/c21-14-3-1-2-12(10-14)18-17(22)15-11-13(20(23)24)4-5-16(15)19-6-8-25-9-7-19/h1-5,10-11,21H,6-9H2,(H,18,22). The molecule has 3 rings (SSSR count). The van der Waals surface area contributed by atoms with Gasteiger partial charge in [-0.1, -0.05) is 6.07 Å². The predicted octanol–water partition coefficient (Wildman–Crippen LogP) is 2.39. The molecule has 0 aliphatic carbocycles. The Morgan fingerprint density at radius 1 is 1.20 bits per heavy atom. The fourth-order valence-corrected chi connectivity index (χ4v) is 2.68. The predicted molar refractivity (Wildman–Crippen MR) is 92.2 cm³/mol. The minimum atomic E-state index is -0.534. The van der Waals surface area contributed by atoms with E-state index in [-0.39, 0.29) is 17.0 Å². The maximum absolute atomic E-state index is 12.7. The van der Waals surface area contributed by atoms with Crippen molar-refractivity contribution < 1.29 is 19.6 Å². The second-order valence-electron chi connectivity index (χ2n) is 5.56. The number of nitrogens with one attached hydrogen (secondary N) is 1. The van der Waals surface area contributed by atoms with Gasteiger partial charge in [-0.05, 0) is 18.2 Å². The van der Waals surface area contributed by atoms with Crippen LogP contribution < -0.4 is 10.2 Å². The number of anilines is 2. The largest absolute Gasteiger partial charge is 0.508 e. The van der Waals surface area contributed by atoms with Crippen molar-refractivity contribution in [3.8, 4) is 5.75 Å². The number of nitro groups is 1. The molecule has 0 aromatic heterocycles. The fraction of sp³-hybridized carbons (Fsp3) is 0.235. The molecule has 0 bridgehead atoms. The number of hydrogen-bond donors (Lipinski definition) is 2. The summed E-state index contributed by atoms with van der Waals surface area (Å²) in [5.41, 5.74) is 1.08. The van der Waals surface area contributed by atoms with Crippen LogP contribution in [-0.4, -0.2) is 42.2 Å². The number of phenols is 1. The molecule has 1 amide bonds. The molecule has 130 valence electrons. The molecule has 8 nitrogen and oxygen atoms in total. The van der Waals surface area contributed by atoms with Crippen LogP contribution in [0.1, 0.15) is 10.4 Å². The van der Waals surface area contributed by atoms with E-state index < -0.39 is 10.8 Å². The van der Waals surface area contributed by atoms with Gasteiger partial charge in [-0.25, -0.2) is 0 Å². The molecule has 8 heteroatoms. The van der Waals surface area contributed by atoms with Crippen molar-refractivity contribution in [3.05, 3.63) is 58.1 Å². The zero-order valence-corrected chi connectivity index (χ0v) is 13.3. The Morgan fingerprint density at radius 3 is 2.64 bits per heavy atom. The molecular formula is C17H17N3O5. The number of rotatable bonds is 4. The summed E-state index contributed by atoms with van der Waals surface area (Å²) in [5.74, 6) is -0.457. The van der Waals surface area contributed by atoms with Crippen LogP contribution in [-0.2, 0) is 4.74 Å². The smallest absolute Gasteiger partial charge is 0.270 e. The molecule has 1 saturated heterocycles. The third-order valence-corrected chi connectivity index (χ3v) is 3.89. The Labute approximate surface area is 143 Å². The van der Waals surface area contributed by atoms with Gasteiger partial charge in [-0.15, -0.1) is 0 Å². The van der Waals surface area contributed by atoms with Crippen molar-refractivity contribution in [1.82, 2.24) is 0 Å². The lowest BCUT2D eigenvalue weighted by atomic mass is 10.1. The first-order valence-corrected chi connectivity index (χ1v) is 7.76. The van der Waals surface area contributed by atoms with Gasteiger partial charge < -0.3 is 20.1 Å². The molecule has 0 spiro atoms. The summed E-state index contributed by atoms with van der Waals surface area (Å²) in [4.78, 5) is 25.2. The number of phenolic OH excluding ortho intramolecular Hbond substituents is 1. The average molecular weight is 343 g/mol. The second-order valence-corrected chi connectivity index (χ2v) is 5.56. The lowest BCUT2D eigenvalue weighted by Crippen LogP contribution is -2.37. The molecule has 2 N–H and O–H groups in total. The number of benzene rings is 2. The van der Waals surface area contributed by atoms with Crippen LogP contribution >= 0.6 is 0 Å². The van der Waals surface area contributed by atoms with Gasteiger partial charge in [-0.3, -0.25) is 14.9 Å². The van der Waals surface area contributed by atoms with Gasteiger partial charge in [0.2, 0.25) is 0 Å². The van der Waals surface area contributed by atoms with Crippen LogP contribution in [0.3, 0.4) is 0 Å². The van der Waals surface area contributed by atoms with Gasteiger partial charge in [0.25, 0.3) is 11.6 Å². The van der Waals surface area contributed by atoms with Crippen LogP contribution in [0.15, 0.2) is 42.5 Å². The van der Waals surface area contributed by atoms with E-state index >= 15 is 0 Å². The number of nitro benzene ring substituents is 1. The number of carbonyl (C=O) groups is 1. The molecule has 1 aliphatic heterocycles. The van der Waals surface area contributed by atoms with E-state index in [1.807, 2.05) is 4.90 Å². The third-order valence-electron chi connectivity index (χ3n) is 3.89. The molecule has 1 fully saturated rings. The van der Waals surface area contributed by atoms with E-state index in [9.17, 15) is 20.0 Å². The monoisotopic (exact) mass is 343 g/mol. The summed E-state index contributed by atoms with van der Waals surface area (Å²) >= 11 is 0. The maximum atomic E-state index is 12.7. The molecular weight excluding hydrogens is 326 g/mol. The number of aromatic hydroxyl groups is 1. The first kappa shape index (κ1) is 16.7. The second kappa shape index (κ2) is 7.18. The van der Waals surface area contributed by atoms with Gasteiger partial charge in [0, 0.05) is 37.0 Å². The number of non-ortho nitro benzene ring substituents is 1. The van der Waals surface area contributed by atoms with E-state index in [4.69, 9.17) is 4.74 Å². The molecule has 0 saturated carbocycles. The average Bonchev–Trinajstić information content (AvgIpc) is 2.62. The minimum absolute atomic E-state index is 0.0187. The van der Waals surface area contributed by atoms with Crippen LogP contribution in [0.5, 0.6) is 5.75 Å². The van der Waals surface area contributed by atoms with Crippen molar-refractivity contribution in [3.63, 3.8) is 0 Å². The Kier molecular flexibility index (Phi) is 4.80. The van der Waals surface area contributed by atoms with E-state index in [2.05, 4.69) is 5.32 Å². The number of morpholine rings is 1. The van der Waals surface area contributed by atoms with Gasteiger partial charge >= 0.3 is 0 Å². The third kappa shape index (κ3) is 3.86. The molecule has 0 unspecified atom stereocenters. The SMILES string of the molecule is O=C(Nc1cccc(O)c1)c1cc([N+](=O)[O-])ccc1N1CCOCC1. The summed E-state index contributed by atoms with van der Waals surface area (Å²) in [6, 6.07) is 10.4. The van der Waals surface area contributed by atoms with Gasteiger partial charge in [0.05, 0.1) is 29.4 Å². The maximum Gasteiger partial charge on any atom is 0.270 e. The Morgan fingerprint density at radius 2 is 1.96 bits per heavy atom. The molecule has 1 aliphatic rings. The van der Waals surface area contributed by atoms with Gasteiger partial charge in [0.1, 0.15) is 5.75 Å². The number of amides is 1. The highest BCUT2D eigenvalue weighted by atomic mass is 16.6.